The van der Waals surface area contributed by atoms with Gasteiger partial charge in [-0.25, -0.2) is 0 Å². The molecule has 0 bridgehead atoms. The zero-order valence-corrected chi connectivity index (χ0v) is 13.7. The molecule has 6 heteroatoms. The van der Waals surface area contributed by atoms with Crippen LogP contribution in [0.5, 0.6) is 5.75 Å². The van der Waals surface area contributed by atoms with Gasteiger partial charge in [-0.05, 0) is 45.1 Å². The molecule has 0 aliphatic carbocycles. The fourth-order valence-corrected chi connectivity index (χ4v) is 2.90. The van der Waals surface area contributed by atoms with Crippen molar-refractivity contribution in [2.24, 2.45) is 0 Å². The third-order valence-electron chi connectivity index (χ3n) is 3.74. The average Bonchev–Trinajstić information content (AvgIpc) is 2.82. The molecular formula is C15H21N3O2S. The fourth-order valence-electron chi connectivity index (χ4n) is 2.53. The number of hydrogen-bond acceptors (Lipinski definition) is 3. The van der Waals surface area contributed by atoms with E-state index >= 15 is 0 Å². The summed E-state index contributed by atoms with van der Waals surface area (Å²) < 4.78 is 7.63. The van der Waals surface area contributed by atoms with Gasteiger partial charge in [0.1, 0.15) is 11.8 Å². The lowest BCUT2D eigenvalue weighted by molar-refractivity contribution is -0.133. The molecule has 1 amide bonds. The largest absolute Gasteiger partial charge is 0.497 e. The lowest BCUT2D eigenvalue weighted by Gasteiger charge is -2.24. The van der Waals surface area contributed by atoms with Gasteiger partial charge in [0.2, 0.25) is 5.91 Å². The molecular weight excluding hydrogens is 286 g/mol. The third kappa shape index (κ3) is 2.81. The number of carbonyl (C=O) groups is 1. The topological polar surface area (TPSA) is 50.3 Å². The molecule has 2 rings (SSSR count). The van der Waals surface area contributed by atoms with Gasteiger partial charge in [-0.3, -0.25) is 4.79 Å². The average molecular weight is 307 g/mol. The van der Waals surface area contributed by atoms with Crippen molar-refractivity contribution in [1.82, 2.24) is 14.5 Å². The molecule has 21 heavy (non-hydrogen) atoms. The van der Waals surface area contributed by atoms with Crippen LogP contribution in [0.3, 0.4) is 0 Å². The number of likely N-dealkylation sites (N-methyl/N-ethyl adjacent to an activating group) is 1. The number of carbonyl (C=O) groups excluding carboxylic acids is 1. The van der Waals surface area contributed by atoms with Crippen LogP contribution in [0.25, 0.3) is 11.0 Å². The number of nitrogens with one attached hydrogen (secondary N) is 1. The number of nitrogens with zero attached hydrogens (tertiary/aromatic N) is 2. The summed E-state index contributed by atoms with van der Waals surface area (Å²) >= 11 is 5.38. The summed E-state index contributed by atoms with van der Waals surface area (Å²) in [5.41, 5.74) is 1.78. The Bertz CT molecular complexity index is 700. The van der Waals surface area contributed by atoms with Crippen molar-refractivity contribution in [3.05, 3.63) is 23.0 Å². The molecule has 0 aliphatic heterocycles. The number of methoxy groups -OCH3 is 1. The van der Waals surface area contributed by atoms with E-state index in [0.29, 0.717) is 17.9 Å². The minimum Gasteiger partial charge on any atom is -0.497 e. The Hall–Kier alpha value is -1.82. The van der Waals surface area contributed by atoms with Crippen LogP contribution in [-0.2, 0) is 4.79 Å². The van der Waals surface area contributed by atoms with Crippen molar-refractivity contribution >= 4 is 29.2 Å². The highest BCUT2D eigenvalue weighted by molar-refractivity contribution is 7.71. The van der Waals surface area contributed by atoms with Crippen molar-refractivity contribution in [3.63, 3.8) is 0 Å². The number of amides is 1. The predicted octanol–water partition coefficient (Wildman–Crippen LogP) is 3.14. The fraction of sp³-hybridized carbons (Fsp3) is 0.467. The number of hydrogen-bond donors (Lipinski definition) is 1. The number of aromatic amines is 1. The summed E-state index contributed by atoms with van der Waals surface area (Å²) in [4.78, 5) is 17.5. The maximum atomic E-state index is 12.5. The second-order valence-corrected chi connectivity index (χ2v) is 5.26. The van der Waals surface area contributed by atoms with E-state index in [1.807, 2.05) is 48.4 Å². The van der Waals surface area contributed by atoms with Gasteiger partial charge in [-0.1, -0.05) is 0 Å². The van der Waals surface area contributed by atoms with E-state index in [0.717, 1.165) is 16.8 Å². The molecule has 0 fully saturated rings. The number of H-pyrrole nitrogens is 1. The molecule has 1 N–H and O–H groups in total. The Morgan fingerprint density at radius 3 is 2.67 bits per heavy atom. The first-order valence-electron chi connectivity index (χ1n) is 7.10. The number of fused-ring (bicyclic) bond motifs is 1. The Labute approximate surface area is 129 Å². The summed E-state index contributed by atoms with van der Waals surface area (Å²) in [6.45, 7) is 7.24. The monoisotopic (exact) mass is 307 g/mol. The molecule has 0 saturated heterocycles. The van der Waals surface area contributed by atoms with Crippen LogP contribution in [0, 0.1) is 4.77 Å². The number of imidazole rings is 1. The summed E-state index contributed by atoms with van der Waals surface area (Å²) in [5.74, 6) is 0.835. The van der Waals surface area contributed by atoms with E-state index in [2.05, 4.69) is 4.98 Å². The van der Waals surface area contributed by atoms with Crippen LogP contribution >= 0.6 is 12.2 Å². The number of rotatable bonds is 5. The maximum absolute atomic E-state index is 12.5. The minimum atomic E-state index is -0.334. The van der Waals surface area contributed by atoms with Gasteiger partial charge in [0.05, 0.1) is 18.1 Å². The number of benzene rings is 1. The SMILES string of the molecule is CCN(CC)C(=O)C(C)n1c(=S)[nH]c2cc(OC)ccc21. The predicted molar refractivity (Wildman–Crippen MR) is 86.3 cm³/mol. The van der Waals surface area contributed by atoms with Gasteiger partial charge < -0.3 is 19.2 Å². The van der Waals surface area contributed by atoms with Crippen molar-refractivity contribution in [2.45, 2.75) is 26.8 Å². The van der Waals surface area contributed by atoms with Crippen molar-refractivity contribution in [1.29, 1.82) is 0 Å². The molecule has 0 saturated carbocycles. The van der Waals surface area contributed by atoms with Crippen LogP contribution in [0.1, 0.15) is 26.8 Å². The summed E-state index contributed by atoms with van der Waals surface area (Å²) in [6, 6.07) is 5.35. The van der Waals surface area contributed by atoms with Gasteiger partial charge in [0.15, 0.2) is 4.77 Å². The van der Waals surface area contributed by atoms with Crippen molar-refractivity contribution < 1.29 is 9.53 Å². The normalized spacial score (nSPS) is 12.4. The van der Waals surface area contributed by atoms with E-state index in [-0.39, 0.29) is 11.9 Å². The quantitative estimate of drug-likeness (QED) is 0.863. The van der Waals surface area contributed by atoms with E-state index in [9.17, 15) is 4.79 Å². The van der Waals surface area contributed by atoms with Gasteiger partial charge in [0, 0.05) is 19.2 Å². The van der Waals surface area contributed by atoms with Gasteiger partial charge in [0.25, 0.3) is 0 Å². The molecule has 114 valence electrons. The van der Waals surface area contributed by atoms with Crippen molar-refractivity contribution in [2.75, 3.05) is 20.2 Å². The highest BCUT2D eigenvalue weighted by Crippen LogP contribution is 2.24. The molecule has 0 aliphatic rings. The molecule has 0 radical (unpaired) electrons. The van der Waals surface area contributed by atoms with E-state index < -0.39 is 0 Å². The molecule has 1 heterocycles. The van der Waals surface area contributed by atoms with Crippen LogP contribution < -0.4 is 4.74 Å². The lowest BCUT2D eigenvalue weighted by Crippen LogP contribution is -2.36. The zero-order chi connectivity index (χ0) is 15.6. The lowest BCUT2D eigenvalue weighted by atomic mass is 10.2. The molecule has 0 spiro atoms. The van der Waals surface area contributed by atoms with Gasteiger partial charge in [-0.2, -0.15) is 0 Å². The van der Waals surface area contributed by atoms with Gasteiger partial charge >= 0.3 is 0 Å². The summed E-state index contributed by atoms with van der Waals surface area (Å²) in [7, 11) is 1.62. The highest BCUT2D eigenvalue weighted by atomic mass is 32.1. The Kier molecular flexibility index (Phi) is 4.67. The number of ether oxygens (including phenoxy) is 1. The van der Waals surface area contributed by atoms with E-state index in [4.69, 9.17) is 17.0 Å². The maximum Gasteiger partial charge on any atom is 0.245 e. The molecule has 1 atom stereocenters. The van der Waals surface area contributed by atoms with E-state index in [1.165, 1.54) is 0 Å². The number of aromatic nitrogens is 2. The first-order chi connectivity index (χ1) is 10.0. The third-order valence-corrected chi connectivity index (χ3v) is 4.04. The molecule has 1 unspecified atom stereocenters. The molecule has 2 aromatic rings. The summed E-state index contributed by atoms with van der Waals surface area (Å²) in [5, 5.41) is 0. The van der Waals surface area contributed by atoms with E-state index in [1.54, 1.807) is 7.11 Å². The van der Waals surface area contributed by atoms with Crippen molar-refractivity contribution in [3.8, 4) is 5.75 Å². The first kappa shape index (κ1) is 15.6. The van der Waals surface area contributed by atoms with Crippen LogP contribution in [0.2, 0.25) is 0 Å². The van der Waals surface area contributed by atoms with Crippen LogP contribution in [-0.4, -0.2) is 40.6 Å². The molecule has 5 nitrogen and oxygen atoms in total. The molecule has 1 aromatic carbocycles. The zero-order valence-electron chi connectivity index (χ0n) is 12.8. The van der Waals surface area contributed by atoms with Gasteiger partial charge in [-0.15, -0.1) is 0 Å². The Balaban J connectivity index is 2.48. The minimum absolute atomic E-state index is 0.0767. The van der Waals surface area contributed by atoms with Crippen LogP contribution in [0.4, 0.5) is 0 Å². The van der Waals surface area contributed by atoms with Crippen LogP contribution in [0.15, 0.2) is 18.2 Å². The molecule has 1 aromatic heterocycles. The smallest absolute Gasteiger partial charge is 0.245 e. The Morgan fingerprint density at radius 1 is 1.43 bits per heavy atom. The first-order valence-corrected chi connectivity index (χ1v) is 7.51. The Morgan fingerprint density at radius 2 is 2.10 bits per heavy atom. The summed E-state index contributed by atoms with van der Waals surface area (Å²) in [6.07, 6.45) is 0. The highest BCUT2D eigenvalue weighted by Gasteiger charge is 2.22. The second-order valence-electron chi connectivity index (χ2n) is 4.87. The standard InChI is InChI=1S/C15H21N3O2S/c1-5-17(6-2)14(19)10(3)18-13-8-7-11(20-4)9-12(13)16-15(18)21/h7-10H,5-6H2,1-4H3,(H,16,21). The second kappa shape index (κ2) is 6.30.